The summed E-state index contributed by atoms with van der Waals surface area (Å²) in [5.41, 5.74) is 2.59. The van der Waals surface area contributed by atoms with Crippen LogP contribution in [0.4, 0.5) is 10.1 Å². The first-order chi connectivity index (χ1) is 12.4. The van der Waals surface area contributed by atoms with Crippen molar-refractivity contribution in [2.45, 2.75) is 39.7 Å². The third kappa shape index (κ3) is 3.48. The molecule has 136 valence electrons. The van der Waals surface area contributed by atoms with Crippen molar-refractivity contribution in [3.8, 4) is 6.07 Å². The first kappa shape index (κ1) is 18.1. The molecule has 1 aromatic heterocycles. The van der Waals surface area contributed by atoms with Gasteiger partial charge in [-0.2, -0.15) is 5.26 Å². The number of benzene rings is 1. The lowest BCUT2D eigenvalue weighted by Gasteiger charge is -2.36. The molecule has 1 aromatic carbocycles. The number of piperidine rings is 1. The number of hydrogen-bond donors (Lipinski definition) is 1. The number of pyridine rings is 1. The van der Waals surface area contributed by atoms with Crippen molar-refractivity contribution in [2.75, 3.05) is 18.0 Å². The summed E-state index contributed by atoms with van der Waals surface area (Å²) in [5.74, 6) is -0.382. The van der Waals surface area contributed by atoms with Gasteiger partial charge in [-0.25, -0.2) is 4.39 Å². The van der Waals surface area contributed by atoms with Crippen LogP contribution in [0.2, 0.25) is 0 Å². The van der Waals surface area contributed by atoms with Gasteiger partial charge in [-0.15, -0.1) is 0 Å². The predicted octanol–water partition coefficient (Wildman–Crippen LogP) is 3.30. The molecule has 0 aliphatic carbocycles. The van der Waals surface area contributed by atoms with Crippen molar-refractivity contribution >= 4 is 22.5 Å². The predicted molar refractivity (Wildman–Crippen MR) is 99.4 cm³/mol. The normalized spacial score (nSPS) is 17.4. The van der Waals surface area contributed by atoms with E-state index in [0.717, 1.165) is 24.9 Å². The summed E-state index contributed by atoms with van der Waals surface area (Å²) in [5, 5.41) is 13.3. The zero-order valence-electron chi connectivity index (χ0n) is 15.3. The number of carbonyl (C=O) groups excluding carboxylic acids is 1. The first-order valence-corrected chi connectivity index (χ1v) is 8.95. The Morgan fingerprint density at radius 2 is 2.23 bits per heavy atom. The summed E-state index contributed by atoms with van der Waals surface area (Å²) < 4.78 is 14.0. The highest BCUT2D eigenvalue weighted by molar-refractivity contribution is 5.96. The van der Waals surface area contributed by atoms with Gasteiger partial charge < -0.3 is 10.2 Å². The van der Waals surface area contributed by atoms with Crippen molar-refractivity contribution in [3.63, 3.8) is 0 Å². The van der Waals surface area contributed by atoms with E-state index in [9.17, 15) is 14.4 Å². The molecule has 5 nitrogen and oxygen atoms in total. The number of nitrogens with one attached hydrogen (secondary N) is 1. The van der Waals surface area contributed by atoms with E-state index in [1.54, 1.807) is 6.20 Å². The number of halogens is 1. The van der Waals surface area contributed by atoms with Gasteiger partial charge in [0.1, 0.15) is 11.9 Å². The number of aryl methyl sites for hydroxylation is 1. The second kappa shape index (κ2) is 7.28. The topological polar surface area (TPSA) is 69.0 Å². The van der Waals surface area contributed by atoms with Crippen LogP contribution < -0.4 is 10.2 Å². The Labute approximate surface area is 152 Å². The molecule has 0 saturated carbocycles. The molecule has 1 amide bonds. The zero-order chi connectivity index (χ0) is 18.8. The Hall–Kier alpha value is -2.68. The lowest BCUT2D eigenvalue weighted by molar-refractivity contribution is -0.124. The molecular weight excluding hydrogens is 331 g/mol. The highest BCUT2D eigenvalue weighted by atomic mass is 19.1. The fourth-order valence-electron chi connectivity index (χ4n) is 3.51. The van der Waals surface area contributed by atoms with Gasteiger partial charge in [0, 0.05) is 36.6 Å². The van der Waals surface area contributed by atoms with E-state index in [4.69, 9.17) is 0 Å². The monoisotopic (exact) mass is 354 g/mol. The van der Waals surface area contributed by atoms with Crippen LogP contribution in [0.3, 0.4) is 0 Å². The highest BCUT2D eigenvalue weighted by Gasteiger charge is 2.26. The van der Waals surface area contributed by atoms with Crippen molar-refractivity contribution in [1.29, 1.82) is 5.26 Å². The molecule has 1 N–H and O–H groups in total. The Morgan fingerprint density at radius 3 is 2.92 bits per heavy atom. The lowest BCUT2D eigenvalue weighted by Crippen LogP contribution is -2.49. The first-order valence-electron chi connectivity index (χ1n) is 8.95. The molecule has 0 spiro atoms. The number of hydrogen-bond acceptors (Lipinski definition) is 4. The maximum Gasteiger partial charge on any atom is 0.222 e. The van der Waals surface area contributed by atoms with Crippen LogP contribution in [0.1, 0.15) is 37.8 Å². The number of carbonyl (C=O) groups is 1. The Kier molecular flexibility index (Phi) is 5.08. The largest absolute Gasteiger partial charge is 0.368 e. The highest BCUT2D eigenvalue weighted by Crippen LogP contribution is 2.33. The molecule has 1 unspecified atom stereocenters. The molecule has 2 aromatic rings. The lowest BCUT2D eigenvalue weighted by atomic mass is 10.00. The van der Waals surface area contributed by atoms with Crippen LogP contribution in [0, 0.1) is 30.0 Å². The molecule has 1 saturated heterocycles. The number of aromatic nitrogens is 1. The van der Waals surface area contributed by atoms with Crippen LogP contribution in [0.5, 0.6) is 0 Å². The molecule has 0 radical (unpaired) electrons. The van der Waals surface area contributed by atoms with Crippen LogP contribution in [0.25, 0.3) is 10.9 Å². The summed E-state index contributed by atoms with van der Waals surface area (Å²) in [7, 11) is 0. The maximum absolute atomic E-state index is 14.0. The number of nitriles is 1. The van der Waals surface area contributed by atoms with Crippen molar-refractivity contribution in [3.05, 3.63) is 35.3 Å². The minimum Gasteiger partial charge on any atom is -0.368 e. The van der Waals surface area contributed by atoms with Gasteiger partial charge in [0.15, 0.2) is 0 Å². The zero-order valence-corrected chi connectivity index (χ0v) is 15.3. The summed E-state index contributed by atoms with van der Waals surface area (Å²) >= 11 is 0. The Balaban J connectivity index is 2.01. The molecule has 1 atom stereocenters. The fraction of sp³-hybridized carbons (Fsp3) is 0.450. The quantitative estimate of drug-likeness (QED) is 0.918. The summed E-state index contributed by atoms with van der Waals surface area (Å²) in [6.07, 6.45) is 3.35. The fourth-order valence-corrected chi connectivity index (χ4v) is 3.51. The van der Waals surface area contributed by atoms with Crippen LogP contribution in [0.15, 0.2) is 18.3 Å². The van der Waals surface area contributed by atoms with Crippen molar-refractivity contribution < 1.29 is 9.18 Å². The van der Waals surface area contributed by atoms with Crippen LogP contribution >= 0.6 is 0 Å². The SMILES string of the molecule is Cc1cc(F)cc2c(N3CCCC(NC(=O)C(C)C)C3)c(C#N)cnc12. The molecule has 1 aliphatic heterocycles. The van der Waals surface area contributed by atoms with Gasteiger partial charge >= 0.3 is 0 Å². The van der Waals surface area contributed by atoms with E-state index < -0.39 is 0 Å². The number of fused-ring (bicyclic) bond motifs is 1. The number of anilines is 1. The minimum atomic E-state index is -0.338. The van der Waals surface area contributed by atoms with Gasteiger partial charge in [-0.3, -0.25) is 9.78 Å². The molecular formula is C20H23FN4O. The Bertz CT molecular complexity index is 887. The number of amides is 1. The van der Waals surface area contributed by atoms with Crippen molar-refractivity contribution in [2.24, 2.45) is 5.92 Å². The van der Waals surface area contributed by atoms with Gasteiger partial charge in [0.25, 0.3) is 0 Å². The van der Waals surface area contributed by atoms with E-state index in [-0.39, 0.29) is 23.7 Å². The van der Waals surface area contributed by atoms with E-state index in [1.807, 2.05) is 20.8 Å². The number of rotatable bonds is 3. The maximum atomic E-state index is 14.0. The molecule has 26 heavy (non-hydrogen) atoms. The summed E-state index contributed by atoms with van der Waals surface area (Å²) in [4.78, 5) is 18.5. The molecule has 3 rings (SSSR count). The summed E-state index contributed by atoms with van der Waals surface area (Å²) in [6.45, 7) is 6.91. The van der Waals surface area contributed by atoms with Crippen LogP contribution in [-0.4, -0.2) is 30.0 Å². The standard InChI is InChI=1S/C20H23FN4O/c1-12(2)20(26)24-16-5-4-6-25(11-16)19-14(9-22)10-23-18-13(3)7-15(21)8-17(18)19/h7-8,10,12,16H,4-6,11H2,1-3H3,(H,24,26). The van der Waals surface area contributed by atoms with Crippen molar-refractivity contribution in [1.82, 2.24) is 10.3 Å². The average Bonchev–Trinajstić information content (AvgIpc) is 2.60. The minimum absolute atomic E-state index is 0.0167. The molecule has 0 bridgehead atoms. The molecule has 1 fully saturated rings. The van der Waals surface area contributed by atoms with E-state index in [2.05, 4.69) is 21.3 Å². The van der Waals surface area contributed by atoms with E-state index in [1.165, 1.54) is 12.1 Å². The van der Waals surface area contributed by atoms with E-state index >= 15 is 0 Å². The third-order valence-corrected chi connectivity index (χ3v) is 4.83. The van der Waals surface area contributed by atoms with Gasteiger partial charge in [0.05, 0.1) is 16.8 Å². The average molecular weight is 354 g/mol. The second-order valence-corrected chi connectivity index (χ2v) is 7.20. The molecule has 1 aliphatic rings. The van der Waals surface area contributed by atoms with Crippen LogP contribution in [-0.2, 0) is 4.79 Å². The molecule has 6 heteroatoms. The van der Waals surface area contributed by atoms with E-state index in [0.29, 0.717) is 28.7 Å². The second-order valence-electron chi connectivity index (χ2n) is 7.20. The number of nitrogens with zero attached hydrogens (tertiary/aromatic N) is 3. The van der Waals surface area contributed by atoms with Gasteiger partial charge in [0.2, 0.25) is 5.91 Å². The molecule has 2 heterocycles. The smallest absolute Gasteiger partial charge is 0.222 e. The summed E-state index contributed by atoms with van der Waals surface area (Å²) in [6, 6.07) is 5.10. The third-order valence-electron chi connectivity index (χ3n) is 4.83. The Morgan fingerprint density at radius 1 is 1.46 bits per heavy atom. The van der Waals surface area contributed by atoms with Gasteiger partial charge in [-0.05, 0) is 37.5 Å². The van der Waals surface area contributed by atoms with Gasteiger partial charge in [-0.1, -0.05) is 13.8 Å².